The van der Waals surface area contributed by atoms with Gasteiger partial charge in [-0.3, -0.25) is 0 Å². The molecule has 0 atom stereocenters. The molecule has 0 unspecified atom stereocenters. The van der Waals surface area contributed by atoms with Gasteiger partial charge in [-0.15, -0.1) is 0 Å². The molecule has 2 aromatic carbocycles. The van der Waals surface area contributed by atoms with Gasteiger partial charge in [0.25, 0.3) is 0 Å². The Kier molecular flexibility index (Phi) is 6.39. The predicted octanol–water partition coefficient (Wildman–Crippen LogP) is 6.05. The number of benzene rings is 2. The van der Waals surface area contributed by atoms with Gasteiger partial charge >= 0.3 is 0 Å². The lowest BCUT2D eigenvalue weighted by molar-refractivity contribution is 1.08. The second-order valence-corrected chi connectivity index (χ2v) is 6.97. The standard InChI is InChI=1S/C22H21BrN4/c1-16(13-17(2)18-9-5-3-6-10-18)14-24-22-25-15-20(23)21(27-22)26-19-11-7-4-8-12-19/h3-13,15H,2,14H2,1H3,(H2,24,25,26,27)/b16-13+. The molecule has 136 valence electrons. The number of para-hydroxylation sites is 1. The summed E-state index contributed by atoms with van der Waals surface area (Å²) in [5.41, 5.74) is 4.22. The molecule has 0 aliphatic rings. The Balaban J connectivity index is 1.64. The zero-order valence-electron chi connectivity index (χ0n) is 15.1. The van der Waals surface area contributed by atoms with E-state index >= 15 is 0 Å². The van der Waals surface area contributed by atoms with Gasteiger partial charge in [0, 0.05) is 18.4 Å². The van der Waals surface area contributed by atoms with Crippen LogP contribution in [0.3, 0.4) is 0 Å². The van der Waals surface area contributed by atoms with Gasteiger partial charge in [0.05, 0.1) is 4.47 Å². The third-order valence-electron chi connectivity index (χ3n) is 3.87. The van der Waals surface area contributed by atoms with Crippen molar-refractivity contribution in [3.8, 4) is 0 Å². The van der Waals surface area contributed by atoms with E-state index in [0.717, 1.165) is 26.9 Å². The first-order valence-corrected chi connectivity index (χ1v) is 9.41. The number of anilines is 3. The number of nitrogens with one attached hydrogen (secondary N) is 2. The summed E-state index contributed by atoms with van der Waals surface area (Å²) < 4.78 is 0.807. The van der Waals surface area contributed by atoms with Crippen LogP contribution in [0.5, 0.6) is 0 Å². The van der Waals surface area contributed by atoms with Crippen molar-refractivity contribution in [3.05, 3.63) is 95.1 Å². The lowest BCUT2D eigenvalue weighted by Crippen LogP contribution is -2.08. The van der Waals surface area contributed by atoms with Gasteiger partial charge in [0.2, 0.25) is 5.95 Å². The van der Waals surface area contributed by atoms with Gasteiger partial charge in [-0.05, 0) is 46.1 Å². The second-order valence-electron chi connectivity index (χ2n) is 6.12. The Morgan fingerprint density at radius 2 is 1.74 bits per heavy atom. The maximum atomic E-state index is 4.55. The van der Waals surface area contributed by atoms with Crippen molar-refractivity contribution in [2.45, 2.75) is 6.92 Å². The van der Waals surface area contributed by atoms with Gasteiger partial charge in [-0.1, -0.05) is 66.8 Å². The van der Waals surface area contributed by atoms with E-state index < -0.39 is 0 Å². The van der Waals surface area contributed by atoms with Crippen molar-refractivity contribution in [2.75, 3.05) is 17.2 Å². The number of allylic oxidation sites excluding steroid dienone is 2. The van der Waals surface area contributed by atoms with Crippen molar-refractivity contribution < 1.29 is 0 Å². The number of rotatable bonds is 7. The highest BCUT2D eigenvalue weighted by atomic mass is 79.9. The SMILES string of the molecule is C=C(/C=C(\C)CNc1ncc(Br)c(Nc2ccccc2)n1)c1ccccc1. The fourth-order valence-electron chi connectivity index (χ4n) is 2.50. The summed E-state index contributed by atoms with van der Waals surface area (Å²) in [5.74, 6) is 1.28. The van der Waals surface area contributed by atoms with Crippen LogP contribution in [-0.2, 0) is 0 Å². The summed E-state index contributed by atoms with van der Waals surface area (Å²) in [4.78, 5) is 8.88. The molecule has 0 fully saturated rings. The fourth-order valence-corrected chi connectivity index (χ4v) is 2.79. The van der Waals surface area contributed by atoms with Crippen LogP contribution in [0.25, 0.3) is 5.57 Å². The van der Waals surface area contributed by atoms with E-state index in [-0.39, 0.29) is 0 Å². The minimum absolute atomic E-state index is 0.565. The number of halogens is 1. The van der Waals surface area contributed by atoms with Crippen molar-refractivity contribution in [1.82, 2.24) is 9.97 Å². The molecule has 0 bridgehead atoms. The first-order chi connectivity index (χ1) is 13.1. The average molecular weight is 421 g/mol. The highest BCUT2D eigenvalue weighted by Gasteiger charge is 2.06. The maximum absolute atomic E-state index is 4.55. The molecular weight excluding hydrogens is 400 g/mol. The van der Waals surface area contributed by atoms with Crippen LogP contribution in [0.1, 0.15) is 12.5 Å². The molecule has 0 saturated carbocycles. The maximum Gasteiger partial charge on any atom is 0.224 e. The topological polar surface area (TPSA) is 49.8 Å². The van der Waals surface area contributed by atoms with Crippen LogP contribution in [0.2, 0.25) is 0 Å². The summed E-state index contributed by atoms with van der Waals surface area (Å²) in [5, 5.41) is 6.55. The van der Waals surface area contributed by atoms with Crippen LogP contribution in [0, 0.1) is 0 Å². The molecule has 27 heavy (non-hydrogen) atoms. The lowest BCUT2D eigenvalue weighted by atomic mass is 10.1. The van der Waals surface area contributed by atoms with Crippen molar-refractivity contribution in [1.29, 1.82) is 0 Å². The van der Waals surface area contributed by atoms with Crippen LogP contribution in [-0.4, -0.2) is 16.5 Å². The molecule has 0 aliphatic heterocycles. The van der Waals surface area contributed by atoms with Crippen molar-refractivity contribution >= 4 is 39.0 Å². The molecular formula is C22H21BrN4. The van der Waals surface area contributed by atoms with Crippen LogP contribution in [0.4, 0.5) is 17.5 Å². The van der Waals surface area contributed by atoms with E-state index in [1.165, 1.54) is 0 Å². The molecule has 0 aliphatic carbocycles. The summed E-state index contributed by atoms with van der Waals surface area (Å²) in [6, 6.07) is 20.0. The average Bonchev–Trinajstić information content (AvgIpc) is 2.70. The largest absolute Gasteiger partial charge is 0.350 e. The molecule has 5 heteroatoms. The van der Waals surface area contributed by atoms with Gasteiger partial charge < -0.3 is 10.6 Å². The Morgan fingerprint density at radius 1 is 1.07 bits per heavy atom. The number of hydrogen-bond acceptors (Lipinski definition) is 4. The molecule has 3 aromatic rings. The van der Waals surface area contributed by atoms with Gasteiger partial charge in [-0.2, -0.15) is 4.98 Å². The van der Waals surface area contributed by atoms with Gasteiger partial charge in [0.15, 0.2) is 0 Å². The molecule has 0 spiro atoms. The minimum atomic E-state index is 0.565. The van der Waals surface area contributed by atoms with E-state index in [9.17, 15) is 0 Å². The van der Waals surface area contributed by atoms with E-state index in [1.807, 2.05) is 48.5 Å². The Morgan fingerprint density at radius 3 is 2.44 bits per heavy atom. The predicted molar refractivity (Wildman–Crippen MR) is 117 cm³/mol. The van der Waals surface area contributed by atoms with E-state index in [0.29, 0.717) is 18.3 Å². The highest BCUT2D eigenvalue weighted by Crippen LogP contribution is 2.24. The summed E-state index contributed by atoms with van der Waals surface area (Å²) in [6.07, 6.45) is 3.81. The van der Waals surface area contributed by atoms with Crippen LogP contribution >= 0.6 is 15.9 Å². The molecule has 2 N–H and O–H groups in total. The van der Waals surface area contributed by atoms with E-state index in [2.05, 4.69) is 68.2 Å². The molecule has 0 saturated heterocycles. The number of nitrogens with zero attached hydrogens (tertiary/aromatic N) is 2. The third-order valence-corrected chi connectivity index (χ3v) is 4.45. The summed E-state index contributed by atoms with van der Waals surface area (Å²) in [6.45, 7) is 6.84. The smallest absolute Gasteiger partial charge is 0.224 e. The second kappa shape index (κ2) is 9.14. The van der Waals surface area contributed by atoms with Gasteiger partial charge in [-0.25, -0.2) is 4.98 Å². The normalized spacial score (nSPS) is 11.1. The minimum Gasteiger partial charge on any atom is -0.350 e. The zero-order valence-corrected chi connectivity index (χ0v) is 16.7. The molecule has 1 heterocycles. The monoisotopic (exact) mass is 420 g/mol. The first kappa shape index (κ1) is 18.9. The van der Waals surface area contributed by atoms with Gasteiger partial charge in [0.1, 0.15) is 5.82 Å². The molecule has 3 rings (SSSR count). The Bertz CT molecular complexity index is 937. The molecule has 1 aromatic heterocycles. The third kappa shape index (κ3) is 5.53. The number of aromatic nitrogens is 2. The van der Waals surface area contributed by atoms with Crippen molar-refractivity contribution in [3.63, 3.8) is 0 Å². The first-order valence-electron chi connectivity index (χ1n) is 8.62. The number of hydrogen-bond donors (Lipinski definition) is 2. The Labute approximate surface area is 168 Å². The lowest BCUT2D eigenvalue weighted by Gasteiger charge is -2.11. The van der Waals surface area contributed by atoms with Crippen LogP contribution < -0.4 is 10.6 Å². The van der Waals surface area contributed by atoms with Crippen molar-refractivity contribution in [2.24, 2.45) is 0 Å². The van der Waals surface area contributed by atoms with E-state index in [4.69, 9.17) is 0 Å². The quantitative estimate of drug-likeness (QED) is 0.456. The molecule has 0 amide bonds. The fraction of sp³-hybridized carbons (Fsp3) is 0.0909. The zero-order chi connectivity index (χ0) is 19.1. The highest BCUT2D eigenvalue weighted by molar-refractivity contribution is 9.10. The van der Waals surface area contributed by atoms with E-state index in [1.54, 1.807) is 6.20 Å². The summed E-state index contributed by atoms with van der Waals surface area (Å²) >= 11 is 3.49. The summed E-state index contributed by atoms with van der Waals surface area (Å²) in [7, 11) is 0. The molecule has 4 nitrogen and oxygen atoms in total. The van der Waals surface area contributed by atoms with Crippen LogP contribution in [0.15, 0.2) is 89.6 Å². The molecule has 0 radical (unpaired) electrons. The Hall–Kier alpha value is -2.92.